The van der Waals surface area contributed by atoms with E-state index >= 15 is 0 Å². The number of nitrogens with two attached hydrogens (primary N) is 1. The summed E-state index contributed by atoms with van der Waals surface area (Å²) in [5, 5.41) is 0. The highest BCUT2D eigenvalue weighted by Crippen LogP contribution is 1.96. The van der Waals surface area contributed by atoms with Crippen LogP contribution in [0.25, 0.3) is 0 Å². The third kappa shape index (κ3) is 0.866. The first-order valence-electron chi connectivity index (χ1n) is 1.75. The molecule has 3 nitrogen and oxygen atoms in total. The summed E-state index contributed by atoms with van der Waals surface area (Å²) in [5.41, 5.74) is 0. The maximum atomic E-state index is 10.3. The molecule has 0 saturated carbocycles. The van der Waals surface area contributed by atoms with Gasteiger partial charge in [-0.15, -0.1) is 10.8 Å². The second-order valence-corrected chi connectivity index (χ2v) is 2.31. The first-order valence-corrected chi connectivity index (χ1v) is 3.02. The van der Waals surface area contributed by atoms with Crippen LogP contribution in [-0.2, 0) is 10.8 Å². The Hall–Kier alpha value is -0.640. The van der Waals surface area contributed by atoms with Gasteiger partial charge >= 0.3 is 0 Å². The molecule has 1 unspecified atom stereocenters. The molecular formula is C3H5N2OS-. The van der Waals surface area contributed by atoms with Gasteiger partial charge < -0.3 is 9.96 Å². The van der Waals surface area contributed by atoms with Crippen LogP contribution in [-0.4, -0.2) is 15.1 Å². The predicted molar refractivity (Wildman–Crippen MR) is 27.3 cm³/mol. The van der Waals surface area contributed by atoms with Crippen LogP contribution >= 0.6 is 0 Å². The maximum absolute atomic E-state index is 10.3. The van der Waals surface area contributed by atoms with Gasteiger partial charge in [-0.3, -0.25) is 4.68 Å². The lowest BCUT2D eigenvalue weighted by Gasteiger charge is -1.94. The Balaban J connectivity index is 2.58. The number of hydrazine groups is 1. The van der Waals surface area contributed by atoms with E-state index in [1.165, 1.54) is 16.3 Å². The molecule has 0 amide bonds. The highest BCUT2D eigenvalue weighted by Gasteiger charge is 1.91. The highest BCUT2D eigenvalue weighted by molar-refractivity contribution is 7.89. The van der Waals surface area contributed by atoms with Crippen molar-refractivity contribution in [1.82, 2.24) is 0 Å². The van der Waals surface area contributed by atoms with Crippen LogP contribution in [0.5, 0.6) is 0 Å². The van der Waals surface area contributed by atoms with Crippen LogP contribution in [0.1, 0.15) is 0 Å². The van der Waals surface area contributed by atoms with Crippen LogP contribution in [0, 0.1) is 11.6 Å². The van der Waals surface area contributed by atoms with Crippen LogP contribution in [0.4, 0.5) is 0 Å². The second-order valence-electron chi connectivity index (χ2n) is 1.17. The summed E-state index contributed by atoms with van der Waals surface area (Å²) in [5.74, 6) is 8.05. The lowest BCUT2D eigenvalue weighted by Crippen LogP contribution is -2.12. The number of nitrogens with zero attached hydrogens (tertiary/aromatic N) is 1. The molecule has 40 valence electrons. The Morgan fingerprint density at radius 2 is 2.57 bits per heavy atom. The minimum atomic E-state index is -0.958. The van der Waals surface area contributed by atoms with Gasteiger partial charge in [-0.25, -0.2) is 5.84 Å². The summed E-state index contributed by atoms with van der Waals surface area (Å²) in [6.07, 6.45) is 1.55. The molecular weight excluding hydrogens is 112 g/mol. The van der Waals surface area contributed by atoms with Gasteiger partial charge in [0.15, 0.2) is 0 Å². The Labute approximate surface area is 44.3 Å². The molecule has 0 aromatic carbocycles. The second kappa shape index (κ2) is 1.46. The van der Waals surface area contributed by atoms with E-state index in [1.54, 1.807) is 6.21 Å². The minimum absolute atomic E-state index is 0.958. The van der Waals surface area contributed by atoms with Gasteiger partial charge in [0.25, 0.3) is 0 Å². The van der Waals surface area contributed by atoms with Crippen LogP contribution < -0.4 is 5.84 Å². The standard InChI is InChI=1S/C3H5N2OS/c4-5-1-2-7(6)3-5/h1-3H,4H2/q-1. The SMILES string of the molecule is N[N+]1=C[CH-]S(=O)[CH-]1. The van der Waals surface area contributed by atoms with Crippen molar-refractivity contribution in [2.24, 2.45) is 5.84 Å². The Morgan fingerprint density at radius 1 is 1.86 bits per heavy atom. The van der Waals surface area contributed by atoms with Gasteiger partial charge in [0.2, 0.25) is 0 Å². The van der Waals surface area contributed by atoms with Crippen molar-refractivity contribution in [3.8, 4) is 0 Å². The van der Waals surface area contributed by atoms with Gasteiger partial charge in [0.05, 0.1) is 5.88 Å². The lowest BCUT2D eigenvalue weighted by atomic mass is 10.9. The van der Waals surface area contributed by atoms with E-state index < -0.39 is 10.8 Å². The molecule has 7 heavy (non-hydrogen) atoms. The van der Waals surface area contributed by atoms with Gasteiger partial charge in [0.1, 0.15) is 0 Å². The van der Waals surface area contributed by atoms with Crippen molar-refractivity contribution in [2.45, 2.75) is 0 Å². The largest absolute Gasteiger partial charge is 0.312 e. The molecule has 0 aliphatic carbocycles. The normalized spacial score (nSPS) is 28.0. The molecule has 4 heteroatoms. The smallest absolute Gasteiger partial charge is 0.0875 e. The van der Waals surface area contributed by atoms with Crippen LogP contribution in [0.2, 0.25) is 0 Å². The fourth-order valence-corrected chi connectivity index (χ4v) is 0.961. The van der Waals surface area contributed by atoms with Crippen molar-refractivity contribution in [1.29, 1.82) is 0 Å². The van der Waals surface area contributed by atoms with E-state index in [1.807, 2.05) is 0 Å². The van der Waals surface area contributed by atoms with Crippen molar-refractivity contribution >= 4 is 17.0 Å². The monoisotopic (exact) mass is 117 g/mol. The summed E-state index contributed by atoms with van der Waals surface area (Å²) in [6.45, 7) is 0. The van der Waals surface area contributed by atoms with Gasteiger partial charge in [-0.2, -0.15) is 0 Å². The zero-order chi connectivity index (χ0) is 5.28. The van der Waals surface area contributed by atoms with E-state index in [9.17, 15) is 4.21 Å². The number of hydrogen-bond acceptors (Lipinski definition) is 2. The molecule has 0 aromatic rings. The summed E-state index contributed by atoms with van der Waals surface area (Å²) >= 11 is 0. The lowest BCUT2D eigenvalue weighted by molar-refractivity contribution is -0.477. The maximum Gasteiger partial charge on any atom is 0.0875 e. The number of hydrazone groups is 1. The van der Waals surface area contributed by atoms with E-state index in [0.717, 1.165) is 0 Å². The van der Waals surface area contributed by atoms with Gasteiger partial charge in [-0.1, -0.05) is 6.21 Å². The molecule has 2 N–H and O–H groups in total. The van der Waals surface area contributed by atoms with E-state index in [2.05, 4.69) is 0 Å². The van der Waals surface area contributed by atoms with Crippen molar-refractivity contribution in [3.63, 3.8) is 0 Å². The molecule has 0 spiro atoms. The third-order valence-electron chi connectivity index (χ3n) is 0.593. The highest BCUT2D eigenvalue weighted by atomic mass is 32.2. The zero-order valence-electron chi connectivity index (χ0n) is 3.57. The fraction of sp³-hybridized carbons (Fsp3) is 0. The molecule has 1 atom stereocenters. The molecule has 0 aromatic heterocycles. The van der Waals surface area contributed by atoms with E-state index in [-0.39, 0.29) is 0 Å². The molecule has 0 bridgehead atoms. The summed E-state index contributed by atoms with van der Waals surface area (Å²) < 4.78 is 11.6. The minimum Gasteiger partial charge on any atom is -0.312 e. The first kappa shape index (κ1) is 4.52. The van der Waals surface area contributed by atoms with Crippen LogP contribution in [0.15, 0.2) is 0 Å². The summed E-state index contributed by atoms with van der Waals surface area (Å²) in [4.78, 5) is 0. The van der Waals surface area contributed by atoms with E-state index in [4.69, 9.17) is 5.84 Å². The average Bonchev–Trinajstić information content (AvgIpc) is 1.87. The first-order chi connectivity index (χ1) is 3.29. The molecule has 0 saturated heterocycles. The van der Waals surface area contributed by atoms with Crippen molar-refractivity contribution in [2.75, 3.05) is 0 Å². The summed E-state index contributed by atoms with van der Waals surface area (Å²) in [6, 6.07) is 0. The summed E-state index contributed by atoms with van der Waals surface area (Å²) in [7, 11) is -0.958. The van der Waals surface area contributed by atoms with Crippen molar-refractivity contribution in [3.05, 3.63) is 11.6 Å². The molecule has 0 radical (unpaired) electrons. The topological polar surface area (TPSA) is 46.1 Å². The average molecular weight is 117 g/mol. The van der Waals surface area contributed by atoms with E-state index in [0.29, 0.717) is 0 Å². The number of rotatable bonds is 0. The Kier molecular flexibility index (Phi) is 0.941. The van der Waals surface area contributed by atoms with Crippen LogP contribution in [0.3, 0.4) is 0 Å². The molecule has 0 fully saturated rings. The molecule has 1 aliphatic heterocycles. The predicted octanol–water partition coefficient (Wildman–Crippen LogP) is -1.01. The Morgan fingerprint density at radius 3 is 2.71 bits per heavy atom. The molecule has 1 aliphatic rings. The fourth-order valence-electron chi connectivity index (χ4n) is 0.320. The van der Waals surface area contributed by atoms with Crippen molar-refractivity contribution < 1.29 is 8.89 Å². The number of hydrogen-bond donors (Lipinski definition) is 1. The zero-order valence-corrected chi connectivity index (χ0v) is 4.39. The molecule has 1 heterocycles. The Bertz CT molecular complexity index is 131. The quantitative estimate of drug-likeness (QED) is 0.251. The van der Waals surface area contributed by atoms with Gasteiger partial charge in [0, 0.05) is 0 Å². The third-order valence-corrected chi connectivity index (χ3v) is 1.43. The van der Waals surface area contributed by atoms with Gasteiger partial charge in [-0.05, 0) is 0 Å². The molecule has 1 rings (SSSR count).